The van der Waals surface area contributed by atoms with Gasteiger partial charge < -0.3 is 10.8 Å². The minimum absolute atomic E-state index is 0.378. The van der Waals surface area contributed by atoms with Crippen LogP contribution in [0.5, 0.6) is 0 Å². The fraction of sp³-hybridized carbons (Fsp3) is 0.400. The normalized spacial score (nSPS) is 19.3. The van der Waals surface area contributed by atoms with Gasteiger partial charge in [-0.15, -0.1) is 0 Å². The van der Waals surface area contributed by atoms with Crippen LogP contribution in [0.3, 0.4) is 0 Å². The first-order valence-electron chi connectivity index (χ1n) is 8.81. The molecule has 1 aromatic carbocycles. The van der Waals surface area contributed by atoms with E-state index in [1.165, 1.54) is 25.0 Å². The fourth-order valence-corrected chi connectivity index (χ4v) is 3.12. The molecule has 0 unspecified atom stereocenters. The summed E-state index contributed by atoms with van der Waals surface area (Å²) in [6, 6.07) is 4.40. The lowest BCUT2D eigenvalue weighted by molar-refractivity contribution is -0.427. The number of allylic oxidation sites excluding steroid dienone is 2. The SMILES string of the molecule is CC(N)=C(C=NCC1CC1)C[N+]1=C(Cl)C=C1c1ccc(F)cc1[C@@H](C)O. The predicted octanol–water partition coefficient (Wildman–Crippen LogP) is 3.60. The highest BCUT2D eigenvalue weighted by Crippen LogP contribution is 2.31. The molecule has 1 aliphatic heterocycles. The van der Waals surface area contributed by atoms with Gasteiger partial charge in [0.05, 0.1) is 23.3 Å². The van der Waals surface area contributed by atoms with Gasteiger partial charge in [0.1, 0.15) is 5.82 Å². The second-order valence-corrected chi connectivity index (χ2v) is 7.38. The molecule has 4 nitrogen and oxygen atoms in total. The zero-order valence-electron chi connectivity index (χ0n) is 15.0. The van der Waals surface area contributed by atoms with Gasteiger partial charge >= 0.3 is 0 Å². The highest BCUT2D eigenvalue weighted by molar-refractivity contribution is 6.68. The highest BCUT2D eigenvalue weighted by Gasteiger charge is 2.33. The summed E-state index contributed by atoms with van der Waals surface area (Å²) >= 11 is 6.29. The van der Waals surface area contributed by atoms with Crippen LogP contribution in [0.2, 0.25) is 0 Å². The molecule has 1 atom stereocenters. The molecular formula is C20H24ClFN3O+. The van der Waals surface area contributed by atoms with Crippen LogP contribution in [-0.2, 0) is 0 Å². The van der Waals surface area contributed by atoms with E-state index in [2.05, 4.69) is 4.99 Å². The number of rotatable bonds is 7. The molecule has 0 aromatic heterocycles. The van der Waals surface area contributed by atoms with Gasteiger partial charge in [0.2, 0.25) is 5.70 Å². The van der Waals surface area contributed by atoms with E-state index in [1.807, 2.05) is 23.8 Å². The minimum atomic E-state index is -0.783. The highest BCUT2D eigenvalue weighted by atomic mass is 35.5. The molecule has 6 heteroatoms. The zero-order valence-corrected chi connectivity index (χ0v) is 15.8. The Morgan fingerprint density at radius 1 is 1.50 bits per heavy atom. The van der Waals surface area contributed by atoms with Crippen LogP contribution in [-0.4, -0.2) is 34.2 Å². The van der Waals surface area contributed by atoms with Crippen molar-refractivity contribution in [3.05, 3.63) is 52.5 Å². The van der Waals surface area contributed by atoms with Crippen molar-refractivity contribution in [3.63, 3.8) is 0 Å². The van der Waals surface area contributed by atoms with E-state index in [0.717, 1.165) is 23.4 Å². The third kappa shape index (κ3) is 4.22. The molecule has 1 fully saturated rings. The van der Waals surface area contributed by atoms with Gasteiger partial charge in [-0.25, -0.2) is 4.39 Å². The van der Waals surface area contributed by atoms with Crippen LogP contribution in [0.4, 0.5) is 4.39 Å². The summed E-state index contributed by atoms with van der Waals surface area (Å²) in [5.41, 5.74) is 9.74. The Morgan fingerprint density at radius 3 is 2.81 bits per heavy atom. The molecule has 1 heterocycles. The first kappa shape index (κ1) is 18.8. The summed E-state index contributed by atoms with van der Waals surface area (Å²) in [6.07, 6.45) is 5.36. The first-order chi connectivity index (χ1) is 12.4. The van der Waals surface area contributed by atoms with Crippen molar-refractivity contribution >= 4 is 28.7 Å². The average molecular weight is 377 g/mol. The molecule has 3 rings (SSSR count). The maximum absolute atomic E-state index is 13.6. The maximum atomic E-state index is 13.6. The molecule has 0 saturated heterocycles. The molecule has 26 heavy (non-hydrogen) atoms. The van der Waals surface area contributed by atoms with Crippen molar-refractivity contribution in [2.45, 2.75) is 32.8 Å². The van der Waals surface area contributed by atoms with E-state index in [4.69, 9.17) is 17.3 Å². The van der Waals surface area contributed by atoms with E-state index in [9.17, 15) is 9.50 Å². The van der Waals surface area contributed by atoms with Crippen LogP contribution in [0.25, 0.3) is 5.70 Å². The Labute approximate surface area is 158 Å². The van der Waals surface area contributed by atoms with Gasteiger partial charge in [-0.1, -0.05) is 0 Å². The molecule has 2 aliphatic rings. The zero-order chi connectivity index (χ0) is 18.8. The molecule has 0 amide bonds. The lowest BCUT2D eigenvalue weighted by Gasteiger charge is -2.18. The van der Waals surface area contributed by atoms with E-state index in [1.54, 1.807) is 13.0 Å². The van der Waals surface area contributed by atoms with Gasteiger partial charge in [0.15, 0.2) is 6.54 Å². The number of halogens is 2. The summed E-state index contributed by atoms with van der Waals surface area (Å²) in [5.74, 6) is 0.338. The Hall–Kier alpha value is -1.98. The molecule has 1 aliphatic carbocycles. The number of aliphatic hydroxyl groups is 1. The van der Waals surface area contributed by atoms with Gasteiger partial charge in [0.25, 0.3) is 5.17 Å². The number of aliphatic hydroxyl groups excluding tert-OH is 1. The maximum Gasteiger partial charge on any atom is 0.282 e. The summed E-state index contributed by atoms with van der Waals surface area (Å²) in [7, 11) is 0. The predicted molar refractivity (Wildman–Crippen MR) is 104 cm³/mol. The monoisotopic (exact) mass is 376 g/mol. The van der Waals surface area contributed by atoms with Crippen LogP contribution in [0.1, 0.15) is 43.9 Å². The van der Waals surface area contributed by atoms with Gasteiger partial charge in [-0.2, -0.15) is 4.58 Å². The summed E-state index contributed by atoms with van der Waals surface area (Å²) in [4.78, 5) is 4.50. The van der Waals surface area contributed by atoms with E-state index in [0.29, 0.717) is 28.9 Å². The molecule has 1 aromatic rings. The van der Waals surface area contributed by atoms with Crippen molar-refractivity contribution < 1.29 is 14.1 Å². The average Bonchev–Trinajstić information content (AvgIpc) is 3.39. The van der Waals surface area contributed by atoms with Crippen LogP contribution in [0.15, 0.2) is 40.5 Å². The van der Waals surface area contributed by atoms with Crippen molar-refractivity contribution in [1.82, 2.24) is 0 Å². The number of nitrogens with zero attached hydrogens (tertiary/aromatic N) is 2. The quantitative estimate of drug-likeness (QED) is 0.564. The summed E-state index contributed by atoms with van der Waals surface area (Å²) in [6.45, 7) is 4.78. The lowest BCUT2D eigenvalue weighted by Crippen LogP contribution is -2.28. The standard InChI is InChI=1S/C20H24ClFN3O/c1-12(23)15(10-24-9-14-3-4-14)11-25-19(8-20(25)21)17-6-5-16(22)7-18(17)13(2)26/h5-8,10,13-14,26H,3-4,9,11,23H2,1-2H3/q+1/t13-/m1/s1. The lowest BCUT2D eigenvalue weighted by atomic mass is 9.97. The molecule has 3 N–H and O–H groups in total. The Morgan fingerprint density at radius 2 is 2.23 bits per heavy atom. The van der Waals surface area contributed by atoms with Crippen molar-refractivity contribution in [3.8, 4) is 0 Å². The van der Waals surface area contributed by atoms with Crippen molar-refractivity contribution in [2.75, 3.05) is 13.1 Å². The topological polar surface area (TPSA) is 61.6 Å². The molecule has 0 spiro atoms. The number of hydrogen-bond donors (Lipinski definition) is 2. The van der Waals surface area contributed by atoms with Crippen molar-refractivity contribution in [1.29, 1.82) is 0 Å². The third-order valence-corrected chi connectivity index (χ3v) is 5.00. The molecule has 0 bridgehead atoms. The second-order valence-electron chi connectivity index (χ2n) is 6.99. The Kier molecular flexibility index (Phi) is 5.58. The minimum Gasteiger partial charge on any atom is -0.402 e. The number of hydrogen-bond acceptors (Lipinski definition) is 3. The summed E-state index contributed by atoms with van der Waals surface area (Å²) < 4.78 is 15.5. The van der Waals surface area contributed by atoms with Gasteiger partial charge in [-0.3, -0.25) is 4.99 Å². The number of nitrogens with two attached hydrogens (primary N) is 1. The van der Waals surface area contributed by atoms with E-state index in [-0.39, 0.29) is 5.82 Å². The molecule has 138 valence electrons. The van der Waals surface area contributed by atoms with Gasteiger partial charge in [-0.05, 0) is 68.0 Å². The summed E-state index contributed by atoms with van der Waals surface area (Å²) in [5, 5.41) is 10.6. The first-order valence-corrected chi connectivity index (χ1v) is 9.19. The van der Waals surface area contributed by atoms with Crippen LogP contribution >= 0.6 is 11.6 Å². The molecule has 1 saturated carbocycles. The number of aliphatic imine (C=N–C) groups is 1. The second kappa shape index (κ2) is 7.72. The smallest absolute Gasteiger partial charge is 0.282 e. The van der Waals surface area contributed by atoms with Crippen LogP contribution in [0, 0.1) is 11.7 Å². The van der Waals surface area contributed by atoms with Gasteiger partial charge in [0, 0.05) is 18.5 Å². The van der Waals surface area contributed by atoms with E-state index < -0.39 is 6.10 Å². The Balaban J connectivity index is 1.81. The largest absolute Gasteiger partial charge is 0.402 e. The van der Waals surface area contributed by atoms with Crippen molar-refractivity contribution in [2.24, 2.45) is 16.6 Å². The Bertz CT molecular complexity index is 831. The molecule has 0 radical (unpaired) electrons. The fourth-order valence-electron chi connectivity index (χ4n) is 2.86. The number of benzene rings is 1. The van der Waals surface area contributed by atoms with E-state index >= 15 is 0 Å². The third-order valence-electron chi connectivity index (χ3n) is 4.69. The van der Waals surface area contributed by atoms with Crippen LogP contribution < -0.4 is 5.73 Å². The molecular weight excluding hydrogens is 353 g/mol.